The average Bonchev–Trinajstić information content (AvgIpc) is 2.15. The Kier molecular flexibility index (Phi) is 4.00. The van der Waals surface area contributed by atoms with Crippen molar-refractivity contribution in [3.63, 3.8) is 0 Å². The van der Waals surface area contributed by atoms with Crippen molar-refractivity contribution in [2.75, 3.05) is 6.61 Å². The van der Waals surface area contributed by atoms with Crippen LogP contribution >= 0.6 is 0 Å². The summed E-state index contributed by atoms with van der Waals surface area (Å²) in [7, 11) is 0. The van der Waals surface area contributed by atoms with E-state index in [0.29, 0.717) is 0 Å². The number of rotatable bonds is 5. The summed E-state index contributed by atoms with van der Waals surface area (Å²) in [6.07, 6.45) is -1.83. The minimum Gasteiger partial charge on any atom is -0.393 e. The van der Waals surface area contributed by atoms with E-state index in [1.165, 1.54) is 0 Å². The zero-order valence-corrected chi connectivity index (χ0v) is 9.01. The normalized spacial score (nSPS) is 25.9. The van der Waals surface area contributed by atoms with Crippen LogP contribution in [0.5, 0.6) is 0 Å². The van der Waals surface area contributed by atoms with Gasteiger partial charge in [0.1, 0.15) is 22.9 Å². The van der Waals surface area contributed by atoms with Gasteiger partial charge in [0.05, 0.1) is 6.61 Å². The molecule has 0 spiro atoms. The van der Waals surface area contributed by atoms with Gasteiger partial charge in [-0.2, -0.15) is 0 Å². The molecule has 0 aromatic carbocycles. The van der Waals surface area contributed by atoms with E-state index in [0.717, 1.165) is 20.8 Å². The highest BCUT2D eigenvalue weighted by Crippen LogP contribution is 2.34. The number of aliphatic hydroxyl groups excluding tert-OH is 2. The van der Waals surface area contributed by atoms with Crippen molar-refractivity contribution in [3.8, 4) is 0 Å². The minimum absolute atomic E-state index is 0.0436. The molecule has 0 bridgehead atoms. The van der Waals surface area contributed by atoms with E-state index < -0.39 is 29.5 Å². The highest BCUT2D eigenvalue weighted by molar-refractivity contribution is 5.58. The third kappa shape index (κ3) is 2.19. The molecule has 0 rings (SSSR count). The van der Waals surface area contributed by atoms with Crippen molar-refractivity contribution in [1.82, 2.24) is 0 Å². The molecule has 6 heteroatoms. The largest absolute Gasteiger partial charge is 0.393 e. The van der Waals surface area contributed by atoms with Crippen LogP contribution in [-0.2, 0) is 4.79 Å². The fourth-order valence-corrected chi connectivity index (χ4v) is 1.12. The topological polar surface area (TPSA) is 118 Å². The van der Waals surface area contributed by atoms with Gasteiger partial charge in [0, 0.05) is 0 Å². The van der Waals surface area contributed by atoms with Crippen LogP contribution in [0.3, 0.4) is 0 Å². The standard InChI is InChI=1S/C9H18O6/c1-7(13,5-11)9(3,15)8(2,14)6(12)4-10/h4,6,11-15H,5H2,1-3H3/t6-,7+,8+,9+/m0/s1. The van der Waals surface area contributed by atoms with Crippen molar-refractivity contribution in [2.24, 2.45) is 0 Å². The van der Waals surface area contributed by atoms with Crippen LogP contribution in [0.25, 0.3) is 0 Å². The van der Waals surface area contributed by atoms with Crippen LogP contribution < -0.4 is 0 Å². The molecule has 6 nitrogen and oxygen atoms in total. The second-order valence-electron chi connectivity index (χ2n) is 4.23. The van der Waals surface area contributed by atoms with Gasteiger partial charge in [-0.25, -0.2) is 0 Å². The van der Waals surface area contributed by atoms with Crippen molar-refractivity contribution in [2.45, 2.75) is 43.7 Å². The molecule has 0 saturated heterocycles. The van der Waals surface area contributed by atoms with Gasteiger partial charge in [-0.15, -0.1) is 0 Å². The quantitative estimate of drug-likeness (QED) is 0.337. The molecule has 0 fully saturated rings. The first-order valence-electron chi connectivity index (χ1n) is 4.46. The Morgan fingerprint density at radius 3 is 1.87 bits per heavy atom. The summed E-state index contributed by atoms with van der Waals surface area (Å²) in [4.78, 5) is 10.3. The number of carbonyl (C=O) groups excluding carboxylic acids is 1. The molecule has 0 aliphatic carbocycles. The first kappa shape index (κ1) is 14.5. The Hall–Kier alpha value is -0.530. The van der Waals surface area contributed by atoms with Gasteiger partial charge >= 0.3 is 0 Å². The van der Waals surface area contributed by atoms with Gasteiger partial charge in [-0.1, -0.05) is 0 Å². The predicted octanol–water partition coefficient (Wildman–Crippen LogP) is -2.21. The van der Waals surface area contributed by atoms with Gasteiger partial charge in [0.2, 0.25) is 0 Å². The summed E-state index contributed by atoms with van der Waals surface area (Å²) in [6, 6.07) is 0. The maximum Gasteiger partial charge on any atom is 0.151 e. The first-order valence-corrected chi connectivity index (χ1v) is 4.46. The molecule has 0 saturated carbocycles. The number of aldehydes is 1. The van der Waals surface area contributed by atoms with E-state index in [-0.39, 0.29) is 6.29 Å². The van der Waals surface area contributed by atoms with Crippen LogP contribution in [0.4, 0.5) is 0 Å². The number of carbonyl (C=O) groups is 1. The summed E-state index contributed by atoms with van der Waals surface area (Å²) in [5, 5.41) is 47.4. The molecule has 90 valence electrons. The number of hydrogen-bond donors (Lipinski definition) is 5. The first-order chi connectivity index (χ1) is 6.54. The maximum atomic E-state index is 10.3. The molecule has 0 aromatic heterocycles. The Labute approximate surface area is 87.8 Å². The molecule has 5 N–H and O–H groups in total. The SMILES string of the molecule is C[C@@](O)([C@](C)(O)CO)[C@](C)(O)[C@@H](O)C=O. The molecule has 4 atom stereocenters. The molecular weight excluding hydrogens is 204 g/mol. The van der Waals surface area contributed by atoms with Crippen LogP contribution in [0.1, 0.15) is 20.8 Å². The van der Waals surface area contributed by atoms with E-state index in [9.17, 15) is 25.2 Å². The number of hydrogen-bond acceptors (Lipinski definition) is 6. The monoisotopic (exact) mass is 222 g/mol. The molecular formula is C9H18O6. The van der Waals surface area contributed by atoms with E-state index in [1.807, 2.05) is 0 Å². The lowest BCUT2D eigenvalue weighted by molar-refractivity contribution is -0.256. The number of aliphatic hydroxyl groups is 5. The highest BCUT2D eigenvalue weighted by atomic mass is 16.4. The molecule has 0 aromatic rings. The summed E-state index contributed by atoms with van der Waals surface area (Å²) in [5.74, 6) is 0. The van der Waals surface area contributed by atoms with Crippen molar-refractivity contribution in [1.29, 1.82) is 0 Å². The van der Waals surface area contributed by atoms with E-state index in [4.69, 9.17) is 5.11 Å². The van der Waals surface area contributed by atoms with Crippen molar-refractivity contribution in [3.05, 3.63) is 0 Å². The zero-order valence-electron chi connectivity index (χ0n) is 9.01. The van der Waals surface area contributed by atoms with Crippen LogP contribution in [0, 0.1) is 0 Å². The molecule has 0 unspecified atom stereocenters. The van der Waals surface area contributed by atoms with Crippen molar-refractivity contribution < 1.29 is 30.3 Å². The Balaban J connectivity index is 5.26. The van der Waals surface area contributed by atoms with Crippen LogP contribution in [-0.4, -0.2) is 61.3 Å². The van der Waals surface area contributed by atoms with E-state index in [1.54, 1.807) is 0 Å². The third-order valence-corrected chi connectivity index (χ3v) is 3.05. The lowest BCUT2D eigenvalue weighted by Crippen LogP contribution is -2.69. The van der Waals surface area contributed by atoms with Crippen molar-refractivity contribution >= 4 is 6.29 Å². The smallest absolute Gasteiger partial charge is 0.151 e. The fraction of sp³-hybridized carbons (Fsp3) is 0.889. The van der Waals surface area contributed by atoms with Crippen LogP contribution in [0.2, 0.25) is 0 Å². The summed E-state index contributed by atoms with van der Waals surface area (Å²) in [5.41, 5.74) is -6.59. The zero-order chi connectivity index (χ0) is 12.5. The molecule has 0 heterocycles. The predicted molar refractivity (Wildman–Crippen MR) is 51.0 cm³/mol. The van der Waals surface area contributed by atoms with Gasteiger partial charge in [0.15, 0.2) is 6.29 Å². The molecule has 0 amide bonds. The molecule has 15 heavy (non-hydrogen) atoms. The van der Waals surface area contributed by atoms with Gasteiger partial charge in [-0.3, -0.25) is 0 Å². The fourth-order valence-electron chi connectivity index (χ4n) is 1.12. The second-order valence-corrected chi connectivity index (χ2v) is 4.23. The summed E-state index contributed by atoms with van der Waals surface area (Å²) >= 11 is 0. The minimum atomic E-state index is -2.28. The Bertz CT molecular complexity index is 233. The van der Waals surface area contributed by atoms with Gasteiger partial charge in [0.25, 0.3) is 0 Å². The molecule has 0 aliphatic rings. The second kappa shape index (κ2) is 4.15. The average molecular weight is 222 g/mol. The lowest BCUT2D eigenvalue weighted by Gasteiger charge is -2.47. The van der Waals surface area contributed by atoms with E-state index in [2.05, 4.69) is 0 Å². The summed E-state index contributed by atoms with van der Waals surface area (Å²) < 4.78 is 0. The molecule has 0 radical (unpaired) electrons. The van der Waals surface area contributed by atoms with Crippen LogP contribution in [0.15, 0.2) is 0 Å². The van der Waals surface area contributed by atoms with E-state index >= 15 is 0 Å². The highest BCUT2D eigenvalue weighted by Gasteiger charge is 2.57. The molecule has 0 aliphatic heterocycles. The Morgan fingerprint density at radius 2 is 1.60 bits per heavy atom. The van der Waals surface area contributed by atoms with Gasteiger partial charge < -0.3 is 30.3 Å². The lowest BCUT2D eigenvalue weighted by atomic mass is 9.71. The maximum absolute atomic E-state index is 10.3. The summed E-state index contributed by atoms with van der Waals surface area (Å²) in [6.45, 7) is 2.27. The Morgan fingerprint density at radius 1 is 1.20 bits per heavy atom. The third-order valence-electron chi connectivity index (χ3n) is 3.05. The van der Waals surface area contributed by atoms with Gasteiger partial charge in [-0.05, 0) is 20.8 Å².